The van der Waals surface area contributed by atoms with E-state index >= 15 is 0 Å². The maximum Gasteiger partial charge on any atom is 0.312 e. The number of nitrogens with one attached hydrogen (secondary N) is 1. The maximum absolute atomic E-state index is 11.1. The zero-order chi connectivity index (χ0) is 13.9. The number of hydrogen-bond donors (Lipinski definition) is 2. The van der Waals surface area contributed by atoms with E-state index in [-0.39, 0.29) is 23.1 Å². The first kappa shape index (κ1) is 14.2. The van der Waals surface area contributed by atoms with E-state index in [9.17, 15) is 14.9 Å². The summed E-state index contributed by atoms with van der Waals surface area (Å²) in [6, 6.07) is 1.19. The van der Waals surface area contributed by atoms with Crippen molar-refractivity contribution < 1.29 is 9.72 Å². The Morgan fingerprint density at radius 2 is 2.28 bits per heavy atom. The quantitative estimate of drug-likeness (QED) is 0.624. The third-order valence-corrected chi connectivity index (χ3v) is 2.60. The minimum absolute atomic E-state index is 0.0544. The third-order valence-electron chi connectivity index (χ3n) is 2.40. The van der Waals surface area contributed by atoms with Gasteiger partial charge in [-0.2, -0.15) is 0 Å². The van der Waals surface area contributed by atoms with Crippen LogP contribution in [0, 0.1) is 15.5 Å². The first-order chi connectivity index (χ1) is 8.24. The second-order valence-corrected chi connectivity index (χ2v) is 4.82. The van der Waals surface area contributed by atoms with Gasteiger partial charge in [0.2, 0.25) is 11.7 Å². The average Bonchev–Trinajstić information content (AvgIpc) is 2.27. The van der Waals surface area contributed by atoms with Crippen LogP contribution in [0.2, 0.25) is 5.02 Å². The van der Waals surface area contributed by atoms with Crippen molar-refractivity contribution in [1.29, 1.82) is 0 Å². The smallest absolute Gasteiger partial charge is 0.312 e. The van der Waals surface area contributed by atoms with Gasteiger partial charge >= 0.3 is 5.69 Å². The molecule has 3 N–H and O–H groups in total. The number of nitro groups is 1. The van der Waals surface area contributed by atoms with Crippen LogP contribution in [0.25, 0.3) is 0 Å². The molecule has 0 aliphatic heterocycles. The number of pyridine rings is 1. The number of primary amides is 1. The highest BCUT2D eigenvalue weighted by molar-refractivity contribution is 6.30. The van der Waals surface area contributed by atoms with E-state index in [0.717, 1.165) is 0 Å². The zero-order valence-corrected chi connectivity index (χ0v) is 10.7. The zero-order valence-electron chi connectivity index (χ0n) is 9.94. The molecule has 1 amide bonds. The van der Waals surface area contributed by atoms with Crippen LogP contribution in [0.15, 0.2) is 12.3 Å². The number of carbonyl (C=O) groups excluding carboxylic acids is 1. The van der Waals surface area contributed by atoms with Crippen molar-refractivity contribution in [3.8, 4) is 0 Å². The lowest BCUT2D eigenvalue weighted by Gasteiger charge is -2.20. The Balaban J connectivity index is 2.92. The lowest BCUT2D eigenvalue weighted by molar-refractivity contribution is -0.384. The summed E-state index contributed by atoms with van der Waals surface area (Å²) in [6.45, 7) is 3.39. The van der Waals surface area contributed by atoms with Gasteiger partial charge in [-0.3, -0.25) is 14.9 Å². The molecule has 18 heavy (non-hydrogen) atoms. The van der Waals surface area contributed by atoms with Crippen LogP contribution >= 0.6 is 11.6 Å². The Hall–Kier alpha value is -1.89. The van der Waals surface area contributed by atoms with E-state index in [1.807, 2.05) is 0 Å². The lowest BCUT2D eigenvalue weighted by atomic mass is 9.93. The number of nitrogens with two attached hydrogens (primary N) is 1. The van der Waals surface area contributed by atoms with Crippen LogP contribution in [-0.2, 0) is 4.79 Å². The van der Waals surface area contributed by atoms with E-state index in [2.05, 4.69) is 10.3 Å². The van der Waals surface area contributed by atoms with Gasteiger partial charge in [-0.15, -0.1) is 0 Å². The van der Waals surface area contributed by atoms with Crippen molar-refractivity contribution in [1.82, 2.24) is 4.98 Å². The Labute approximate surface area is 108 Å². The summed E-state index contributed by atoms with van der Waals surface area (Å²) in [5.41, 5.74) is 4.12. The Kier molecular flexibility index (Phi) is 4.07. The second kappa shape index (κ2) is 5.18. The molecule has 8 heteroatoms. The number of hydrogen-bond acceptors (Lipinski definition) is 5. The molecule has 0 saturated carbocycles. The molecular formula is C10H13ClN4O3. The number of carbonyl (C=O) groups is 1. The molecule has 0 atom stereocenters. The lowest BCUT2D eigenvalue weighted by Crippen LogP contribution is -2.37. The molecule has 0 saturated heterocycles. The van der Waals surface area contributed by atoms with E-state index in [1.54, 1.807) is 13.8 Å². The van der Waals surface area contributed by atoms with Gasteiger partial charge in [-0.1, -0.05) is 11.6 Å². The highest BCUT2D eigenvalue weighted by Gasteiger charge is 2.26. The molecule has 7 nitrogen and oxygen atoms in total. The molecule has 98 valence electrons. The van der Waals surface area contributed by atoms with E-state index in [0.29, 0.717) is 0 Å². The number of nitrogens with zero attached hydrogens (tertiary/aromatic N) is 2. The minimum Gasteiger partial charge on any atom is -0.369 e. The number of aromatic nitrogens is 1. The van der Waals surface area contributed by atoms with Crippen LogP contribution in [0.3, 0.4) is 0 Å². The highest BCUT2D eigenvalue weighted by atomic mass is 35.5. The predicted octanol–water partition coefficient (Wildman–Crippen LogP) is 1.57. The van der Waals surface area contributed by atoms with Gasteiger partial charge in [0.1, 0.15) is 0 Å². The third kappa shape index (κ3) is 3.30. The molecule has 0 bridgehead atoms. The summed E-state index contributed by atoms with van der Waals surface area (Å²) >= 11 is 5.63. The molecule has 0 aliphatic carbocycles. The Bertz CT molecular complexity index is 490. The Morgan fingerprint density at radius 1 is 1.67 bits per heavy atom. The van der Waals surface area contributed by atoms with Crippen molar-refractivity contribution in [2.45, 2.75) is 13.8 Å². The van der Waals surface area contributed by atoms with Gasteiger partial charge in [-0.25, -0.2) is 4.98 Å². The number of halogens is 1. The molecule has 0 unspecified atom stereocenters. The molecule has 1 rings (SSSR count). The molecule has 0 radical (unpaired) electrons. The van der Waals surface area contributed by atoms with Crippen molar-refractivity contribution >= 4 is 29.0 Å². The van der Waals surface area contributed by atoms with Gasteiger partial charge in [-0.05, 0) is 13.8 Å². The van der Waals surface area contributed by atoms with E-state index in [1.165, 1.54) is 12.3 Å². The molecule has 0 aliphatic rings. The van der Waals surface area contributed by atoms with Crippen molar-refractivity contribution in [3.05, 3.63) is 27.4 Å². The fourth-order valence-electron chi connectivity index (χ4n) is 1.10. The van der Waals surface area contributed by atoms with Gasteiger partial charge in [0.05, 0.1) is 15.4 Å². The molecule has 1 heterocycles. The summed E-state index contributed by atoms with van der Waals surface area (Å²) in [5, 5.41) is 13.7. The fourth-order valence-corrected chi connectivity index (χ4v) is 1.25. The number of rotatable bonds is 5. The van der Waals surface area contributed by atoms with Crippen LogP contribution in [0.1, 0.15) is 13.8 Å². The van der Waals surface area contributed by atoms with Crippen LogP contribution < -0.4 is 11.1 Å². The summed E-state index contributed by atoms with van der Waals surface area (Å²) in [6.07, 6.45) is 1.29. The summed E-state index contributed by atoms with van der Waals surface area (Å²) in [5.74, 6) is -0.453. The first-order valence-electron chi connectivity index (χ1n) is 5.08. The minimum atomic E-state index is -0.838. The van der Waals surface area contributed by atoms with Crippen molar-refractivity contribution in [2.75, 3.05) is 11.9 Å². The first-order valence-corrected chi connectivity index (χ1v) is 5.45. The van der Waals surface area contributed by atoms with Crippen LogP contribution in [-0.4, -0.2) is 22.4 Å². The monoisotopic (exact) mass is 272 g/mol. The SMILES string of the molecule is CC(C)(CNc1ncc(Cl)cc1[N+](=O)[O-])C(N)=O. The van der Waals surface area contributed by atoms with E-state index < -0.39 is 16.2 Å². The van der Waals surface area contributed by atoms with Crippen LogP contribution in [0.4, 0.5) is 11.5 Å². The van der Waals surface area contributed by atoms with Gasteiger partial charge in [0.15, 0.2) is 0 Å². The molecule has 1 aromatic rings. The summed E-state index contributed by atoms with van der Waals surface area (Å²) in [7, 11) is 0. The maximum atomic E-state index is 11.1. The normalized spacial score (nSPS) is 11.1. The van der Waals surface area contributed by atoms with Crippen molar-refractivity contribution in [2.24, 2.45) is 11.1 Å². The van der Waals surface area contributed by atoms with E-state index in [4.69, 9.17) is 17.3 Å². The summed E-state index contributed by atoms with van der Waals surface area (Å²) < 4.78 is 0. The molecule has 0 aromatic carbocycles. The molecule has 1 aromatic heterocycles. The second-order valence-electron chi connectivity index (χ2n) is 4.38. The standard InChI is InChI=1S/C10H13ClN4O3/c1-10(2,9(12)16)5-14-8-7(15(17)18)3-6(11)4-13-8/h3-4H,5H2,1-2H3,(H2,12,16)(H,13,14). The van der Waals surface area contributed by atoms with Gasteiger partial charge in [0.25, 0.3) is 0 Å². The molecule has 0 fully saturated rings. The molecular weight excluding hydrogens is 260 g/mol. The van der Waals surface area contributed by atoms with Gasteiger partial charge < -0.3 is 11.1 Å². The van der Waals surface area contributed by atoms with Gasteiger partial charge in [0, 0.05) is 18.8 Å². The number of anilines is 1. The van der Waals surface area contributed by atoms with Crippen molar-refractivity contribution in [3.63, 3.8) is 0 Å². The predicted molar refractivity (Wildman–Crippen MR) is 67.4 cm³/mol. The number of amides is 1. The van der Waals surface area contributed by atoms with Crippen LogP contribution in [0.5, 0.6) is 0 Å². The fraction of sp³-hybridized carbons (Fsp3) is 0.400. The Morgan fingerprint density at radius 3 is 2.78 bits per heavy atom. The largest absolute Gasteiger partial charge is 0.369 e. The topological polar surface area (TPSA) is 111 Å². The highest BCUT2D eigenvalue weighted by Crippen LogP contribution is 2.26. The average molecular weight is 273 g/mol. The summed E-state index contributed by atoms with van der Waals surface area (Å²) in [4.78, 5) is 25.2. The molecule has 0 spiro atoms.